The van der Waals surface area contributed by atoms with Crippen molar-refractivity contribution in [1.29, 1.82) is 0 Å². The van der Waals surface area contributed by atoms with Crippen molar-refractivity contribution in [3.8, 4) is 9.88 Å². The highest BCUT2D eigenvalue weighted by Gasteiger charge is 2.17. The summed E-state index contributed by atoms with van der Waals surface area (Å²) in [6.45, 7) is 0. The molecule has 2 heterocycles. The number of thiophene rings is 1. The normalized spacial score (nSPS) is 14.2. The summed E-state index contributed by atoms with van der Waals surface area (Å²) < 4.78 is 0. The van der Waals surface area contributed by atoms with Crippen LogP contribution in [0.2, 0.25) is 0 Å². The maximum absolute atomic E-state index is 5.68. The second-order valence-electron chi connectivity index (χ2n) is 4.21. The summed E-state index contributed by atoms with van der Waals surface area (Å²) in [5.41, 5.74) is 1.53. The molecule has 0 spiro atoms. The molecule has 0 amide bonds. The van der Waals surface area contributed by atoms with E-state index in [2.05, 4.69) is 16.3 Å². The molecule has 0 aliphatic heterocycles. The van der Waals surface area contributed by atoms with E-state index >= 15 is 0 Å². The van der Waals surface area contributed by atoms with Crippen molar-refractivity contribution in [2.24, 2.45) is 0 Å². The number of hydrogen-bond donors (Lipinski definition) is 0. The lowest BCUT2D eigenvalue weighted by molar-refractivity contribution is 0.884. The Kier molecular flexibility index (Phi) is 3.45. The predicted octanol–water partition coefficient (Wildman–Crippen LogP) is 3.93. The van der Waals surface area contributed by atoms with Gasteiger partial charge in [-0.05, 0) is 37.3 Å². The zero-order valence-electron chi connectivity index (χ0n) is 9.41. The van der Waals surface area contributed by atoms with Gasteiger partial charge in [0.1, 0.15) is 5.01 Å². The van der Waals surface area contributed by atoms with Crippen molar-refractivity contribution < 1.29 is 0 Å². The lowest BCUT2D eigenvalue weighted by Crippen LogP contribution is -1.84. The Bertz CT molecular complexity index is 497. The third-order valence-corrected chi connectivity index (χ3v) is 5.61. The molecule has 0 unspecified atom stereocenters. The molecular weight excluding hydrogens is 272 g/mol. The fraction of sp³-hybridized carbons (Fsp3) is 0.500. The van der Waals surface area contributed by atoms with Gasteiger partial charge in [0.15, 0.2) is 5.01 Å². The molecule has 0 atom stereocenters. The van der Waals surface area contributed by atoms with E-state index in [1.165, 1.54) is 29.7 Å². The van der Waals surface area contributed by atoms with Crippen LogP contribution in [0.1, 0.15) is 28.3 Å². The van der Waals surface area contributed by atoms with Gasteiger partial charge < -0.3 is 0 Å². The molecule has 17 heavy (non-hydrogen) atoms. The first-order chi connectivity index (χ1) is 8.36. The van der Waals surface area contributed by atoms with Gasteiger partial charge in [-0.15, -0.1) is 33.1 Å². The molecule has 0 saturated heterocycles. The molecule has 0 N–H and O–H groups in total. The largest absolute Gasteiger partial charge is 0.157 e. The van der Waals surface area contributed by atoms with Crippen LogP contribution >= 0.6 is 34.3 Å². The molecule has 5 heteroatoms. The summed E-state index contributed by atoms with van der Waals surface area (Å²) in [4.78, 5) is 2.85. The second kappa shape index (κ2) is 5.04. The van der Waals surface area contributed by atoms with E-state index in [0.29, 0.717) is 5.88 Å². The fourth-order valence-electron chi connectivity index (χ4n) is 2.11. The third kappa shape index (κ3) is 2.39. The van der Waals surface area contributed by atoms with Gasteiger partial charge in [-0.25, -0.2) is 0 Å². The molecule has 0 aromatic carbocycles. The molecule has 2 aromatic heterocycles. The topological polar surface area (TPSA) is 25.8 Å². The Morgan fingerprint density at radius 3 is 3.00 bits per heavy atom. The molecule has 2 nitrogen and oxygen atoms in total. The quantitative estimate of drug-likeness (QED) is 0.795. The van der Waals surface area contributed by atoms with Crippen molar-refractivity contribution in [2.45, 2.75) is 32.1 Å². The predicted molar refractivity (Wildman–Crippen MR) is 74.3 cm³/mol. The van der Waals surface area contributed by atoms with Crippen molar-refractivity contribution in [3.63, 3.8) is 0 Å². The van der Waals surface area contributed by atoms with E-state index < -0.39 is 0 Å². The van der Waals surface area contributed by atoms with Crippen LogP contribution in [0, 0.1) is 0 Å². The summed E-state index contributed by atoms with van der Waals surface area (Å²) >= 11 is 9.29. The summed E-state index contributed by atoms with van der Waals surface area (Å²) in [7, 11) is 0. The standard InChI is InChI=1S/C12H13ClN2S2/c13-6-2-5-11-14-15-12(17-11)10-7-8-3-1-4-9(8)16-10/h7H,1-6H2. The minimum atomic E-state index is 0.697. The van der Waals surface area contributed by atoms with Crippen LogP contribution in [-0.2, 0) is 19.3 Å². The number of aromatic nitrogens is 2. The van der Waals surface area contributed by atoms with Gasteiger partial charge in [-0.1, -0.05) is 11.3 Å². The lowest BCUT2D eigenvalue weighted by atomic mass is 10.2. The maximum Gasteiger partial charge on any atom is 0.157 e. The van der Waals surface area contributed by atoms with Gasteiger partial charge in [0, 0.05) is 17.2 Å². The SMILES string of the molecule is ClCCCc1nnc(-c2cc3c(s2)CCC3)s1. The number of fused-ring (bicyclic) bond motifs is 1. The van der Waals surface area contributed by atoms with E-state index in [-0.39, 0.29) is 0 Å². The Hall–Kier alpha value is -0.450. The highest BCUT2D eigenvalue weighted by molar-refractivity contribution is 7.21. The van der Waals surface area contributed by atoms with Gasteiger partial charge in [-0.2, -0.15) is 0 Å². The highest BCUT2D eigenvalue weighted by atomic mass is 35.5. The first-order valence-corrected chi connectivity index (χ1v) is 8.04. The van der Waals surface area contributed by atoms with Gasteiger partial charge in [-0.3, -0.25) is 0 Å². The van der Waals surface area contributed by atoms with Gasteiger partial charge in [0.05, 0.1) is 4.88 Å². The van der Waals surface area contributed by atoms with Crippen LogP contribution in [0.3, 0.4) is 0 Å². The maximum atomic E-state index is 5.68. The molecule has 2 aromatic rings. The minimum absolute atomic E-state index is 0.697. The first kappa shape index (κ1) is 11.6. The van der Waals surface area contributed by atoms with Gasteiger partial charge in [0.2, 0.25) is 0 Å². The Balaban J connectivity index is 1.80. The summed E-state index contributed by atoms with van der Waals surface area (Å²) in [5.74, 6) is 0.697. The van der Waals surface area contributed by atoms with Crippen LogP contribution in [0.5, 0.6) is 0 Å². The Morgan fingerprint density at radius 1 is 1.24 bits per heavy atom. The zero-order valence-corrected chi connectivity index (χ0v) is 11.8. The van der Waals surface area contributed by atoms with Crippen molar-refractivity contribution in [3.05, 3.63) is 21.5 Å². The minimum Gasteiger partial charge on any atom is -0.143 e. The lowest BCUT2D eigenvalue weighted by Gasteiger charge is -1.89. The molecule has 0 bridgehead atoms. The summed E-state index contributed by atoms with van der Waals surface area (Å²) in [6, 6.07) is 2.30. The number of halogens is 1. The monoisotopic (exact) mass is 284 g/mol. The van der Waals surface area contributed by atoms with Crippen molar-refractivity contribution >= 4 is 34.3 Å². The molecule has 90 valence electrons. The Labute approximate surface area is 114 Å². The third-order valence-electron chi connectivity index (χ3n) is 2.95. The molecule has 0 fully saturated rings. The second-order valence-corrected chi connectivity index (χ2v) is 6.78. The molecule has 0 radical (unpaired) electrons. The van der Waals surface area contributed by atoms with E-state index in [4.69, 9.17) is 11.6 Å². The Morgan fingerprint density at radius 2 is 2.18 bits per heavy atom. The summed E-state index contributed by atoms with van der Waals surface area (Å²) in [5, 5.41) is 10.7. The molecule has 3 rings (SSSR count). The highest BCUT2D eigenvalue weighted by Crippen LogP contribution is 2.37. The fourth-order valence-corrected chi connectivity index (χ4v) is 4.42. The number of nitrogens with zero attached hydrogens (tertiary/aromatic N) is 2. The van der Waals surface area contributed by atoms with Crippen LogP contribution in [0.4, 0.5) is 0 Å². The van der Waals surface area contributed by atoms with Crippen molar-refractivity contribution in [2.75, 3.05) is 5.88 Å². The molecular formula is C12H13ClN2S2. The zero-order chi connectivity index (χ0) is 11.7. The average Bonchev–Trinajstić information content (AvgIpc) is 3.00. The van der Waals surface area contributed by atoms with E-state index in [9.17, 15) is 0 Å². The van der Waals surface area contributed by atoms with Gasteiger partial charge >= 0.3 is 0 Å². The molecule has 1 aliphatic rings. The number of hydrogen-bond acceptors (Lipinski definition) is 4. The number of alkyl halides is 1. The summed E-state index contributed by atoms with van der Waals surface area (Å²) in [6.07, 6.45) is 5.74. The van der Waals surface area contributed by atoms with Crippen LogP contribution in [0.25, 0.3) is 9.88 Å². The van der Waals surface area contributed by atoms with Crippen LogP contribution in [0.15, 0.2) is 6.07 Å². The van der Waals surface area contributed by atoms with Crippen molar-refractivity contribution in [1.82, 2.24) is 10.2 Å². The number of aryl methyl sites for hydroxylation is 3. The van der Waals surface area contributed by atoms with E-state index in [1.54, 1.807) is 16.2 Å². The number of rotatable bonds is 4. The van der Waals surface area contributed by atoms with Gasteiger partial charge in [0.25, 0.3) is 0 Å². The first-order valence-electron chi connectivity index (χ1n) is 5.87. The van der Waals surface area contributed by atoms with E-state index in [1.807, 2.05) is 11.3 Å². The van der Waals surface area contributed by atoms with Crippen LogP contribution < -0.4 is 0 Å². The molecule has 1 aliphatic carbocycles. The average molecular weight is 285 g/mol. The smallest absolute Gasteiger partial charge is 0.143 e. The molecule has 0 saturated carbocycles. The van der Waals surface area contributed by atoms with Crippen LogP contribution in [-0.4, -0.2) is 16.1 Å². The van der Waals surface area contributed by atoms with E-state index in [0.717, 1.165) is 22.9 Å².